The third-order valence-corrected chi connectivity index (χ3v) is 7.13. The summed E-state index contributed by atoms with van der Waals surface area (Å²) in [5.41, 5.74) is 7.33. The van der Waals surface area contributed by atoms with Gasteiger partial charge in [0.25, 0.3) is 0 Å². The lowest BCUT2D eigenvalue weighted by molar-refractivity contribution is 0.305. The Bertz CT molecular complexity index is 1840. The zero-order valence-electron chi connectivity index (χ0n) is 19.6. The maximum atomic E-state index is 5.97. The standard InChI is InChI=1S/C29H20N6OS/c1-2-6-18(7-3-1)17-36-20-12-19(14-30-15-20)24-13-22-25(16-31-24)34-35-28(22)29-32-23-9-4-8-21(27(23)33-29)26-10-5-11-37-26/h1-16H,17H2,(H,32,33)(H,34,35). The normalized spacial score (nSPS) is 11.4. The van der Waals surface area contributed by atoms with E-state index in [1.54, 1.807) is 29.9 Å². The number of imidazole rings is 1. The van der Waals surface area contributed by atoms with Crippen LogP contribution >= 0.6 is 11.3 Å². The second-order valence-electron chi connectivity index (χ2n) is 8.64. The number of thiophene rings is 1. The van der Waals surface area contributed by atoms with E-state index in [1.807, 2.05) is 54.6 Å². The van der Waals surface area contributed by atoms with Gasteiger partial charge in [0.05, 0.1) is 34.6 Å². The predicted octanol–water partition coefficient (Wildman–Crippen LogP) is 6.87. The first-order valence-corrected chi connectivity index (χ1v) is 12.7. The third-order valence-electron chi connectivity index (χ3n) is 6.23. The molecule has 0 saturated carbocycles. The van der Waals surface area contributed by atoms with Gasteiger partial charge >= 0.3 is 0 Å². The van der Waals surface area contributed by atoms with Gasteiger partial charge in [0, 0.05) is 27.6 Å². The van der Waals surface area contributed by atoms with Crippen LogP contribution in [0.15, 0.2) is 96.8 Å². The Hall–Kier alpha value is -4.82. The minimum Gasteiger partial charge on any atom is -0.487 e. The highest BCUT2D eigenvalue weighted by molar-refractivity contribution is 7.13. The van der Waals surface area contributed by atoms with Gasteiger partial charge in [-0.3, -0.25) is 15.1 Å². The molecule has 2 N–H and O–H groups in total. The number of pyridine rings is 2. The summed E-state index contributed by atoms with van der Waals surface area (Å²) in [5.74, 6) is 1.40. The van der Waals surface area contributed by atoms with E-state index in [1.165, 1.54) is 4.88 Å². The van der Waals surface area contributed by atoms with Crippen LogP contribution in [0.5, 0.6) is 5.75 Å². The predicted molar refractivity (Wildman–Crippen MR) is 146 cm³/mol. The zero-order chi connectivity index (χ0) is 24.6. The van der Waals surface area contributed by atoms with E-state index < -0.39 is 0 Å². The molecule has 5 aromatic heterocycles. The summed E-state index contributed by atoms with van der Waals surface area (Å²) in [7, 11) is 0. The molecule has 7 nitrogen and oxygen atoms in total. The molecule has 0 spiro atoms. The lowest BCUT2D eigenvalue weighted by Gasteiger charge is -2.08. The molecule has 0 saturated heterocycles. The van der Waals surface area contributed by atoms with Crippen molar-refractivity contribution >= 4 is 33.3 Å². The smallest absolute Gasteiger partial charge is 0.159 e. The Labute approximate surface area is 215 Å². The summed E-state index contributed by atoms with van der Waals surface area (Å²) >= 11 is 1.70. The molecule has 5 heterocycles. The van der Waals surface area contributed by atoms with Crippen LogP contribution < -0.4 is 4.74 Å². The number of H-pyrrole nitrogens is 2. The van der Waals surface area contributed by atoms with E-state index in [4.69, 9.17) is 9.72 Å². The lowest BCUT2D eigenvalue weighted by Crippen LogP contribution is -1.96. The highest BCUT2D eigenvalue weighted by Gasteiger charge is 2.16. The van der Waals surface area contributed by atoms with Crippen molar-refractivity contribution in [1.82, 2.24) is 30.1 Å². The molecule has 7 aromatic rings. The average molecular weight is 501 g/mol. The summed E-state index contributed by atoms with van der Waals surface area (Å²) in [6.45, 7) is 0.476. The lowest BCUT2D eigenvalue weighted by atomic mass is 10.1. The van der Waals surface area contributed by atoms with Crippen LogP contribution in [0.1, 0.15) is 5.56 Å². The molecule has 0 bridgehead atoms. The molecule has 8 heteroatoms. The van der Waals surface area contributed by atoms with E-state index in [0.29, 0.717) is 18.2 Å². The summed E-state index contributed by atoms with van der Waals surface area (Å²) in [6.07, 6.45) is 5.30. The number of nitrogens with one attached hydrogen (secondary N) is 2. The number of aromatic nitrogens is 6. The molecule has 0 atom stereocenters. The van der Waals surface area contributed by atoms with Crippen molar-refractivity contribution in [3.05, 3.63) is 102 Å². The Morgan fingerprint density at radius 1 is 0.865 bits per heavy atom. The fraction of sp³-hybridized carbons (Fsp3) is 0.0345. The van der Waals surface area contributed by atoms with Crippen molar-refractivity contribution in [3.8, 4) is 39.0 Å². The van der Waals surface area contributed by atoms with E-state index in [0.717, 1.165) is 50.0 Å². The highest BCUT2D eigenvalue weighted by atomic mass is 32.1. The van der Waals surface area contributed by atoms with Crippen LogP contribution in [0.3, 0.4) is 0 Å². The Morgan fingerprint density at radius 3 is 2.70 bits per heavy atom. The summed E-state index contributed by atoms with van der Waals surface area (Å²) in [5, 5.41) is 10.7. The topological polar surface area (TPSA) is 92.4 Å². The summed E-state index contributed by atoms with van der Waals surface area (Å²) < 4.78 is 5.97. The molecule has 0 radical (unpaired) electrons. The number of hydrogen-bond acceptors (Lipinski definition) is 6. The number of hydrogen-bond donors (Lipinski definition) is 2. The molecule has 0 unspecified atom stereocenters. The number of para-hydroxylation sites is 1. The van der Waals surface area contributed by atoms with E-state index >= 15 is 0 Å². The maximum Gasteiger partial charge on any atom is 0.159 e. The monoisotopic (exact) mass is 500 g/mol. The highest BCUT2D eigenvalue weighted by Crippen LogP contribution is 2.34. The van der Waals surface area contributed by atoms with E-state index in [-0.39, 0.29) is 0 Å². The first-order chi connectivity index (χ1) is 18.3. The van der Waals surface area contributed by atoms with Crippen molar-refractivity contribution in [3.63, 3.8) is 0 Å². The Morgan fingerprint density at radius 2 is 1.81 bits per heavy atom. The third kappa shape index (κ3) is 4.03. The molecular formula is C29H20N6OS. The van der Waals surface area contributed by atoms with Gasteiger partial charge in [0.2, 0.25) is 0 Å². The Kier molecular flexibility index (Phi) is 5.22. The van der Waals surface area contributed by atoms with Crippen LogP contribution in [0.2, 0.25) is 0 Å². The number of ether oxygens (including phenoxy) is 1. The number of benzene rings is 2. The molecule has 0 amide bonds. The van der Waals surface area contributed by atoms with Crippen molar-refractivity contribution in [1.29, 1.82) is 0 Å². The maximum absolute atomic E-state index is 5.97. The minimum atomic E-state index is 0.476. The van der Waals surface area contributed by atoms with Crippen molar-refractivity contribution in [2.75, 3.05) is 0 Å². The van der Waals surface area contributed by atoms with E-state index in [9.17, 15) is 0 Å². The van der Waals surface area contributed by atoms with Gasteiger partial charge in [-0.05, 0) is 35.2 Å². The van der Waals surface area contributed by atoms with Gasteiger partial charge in [-0.15, -0.1) is 11.3 Å². The number of rotatable bonds is 6. The molecule has 0 aliphatic rings. The fourth-order valence-electron chi connectivity index (χ4n) is 4.41. The molecular weight excluding hydrogens is 480 g/mol. The molecule has 178 valence electrons. The zero-order valence-corrected chi connectivity index (χ0v) is 20.4. The van der Waals surface area contributed by atoms with Crippen molar-refractivity contribution in [2.45, 2.75) is 6.61 Å². The fourth-order valence-corrected chi connectivity index (χ4v) is 5.16. The van der Waals surface area contributed by atoms with Gasteiger partial charge in [-0.25, -0.2) is 4.98 Å². The number of aromatic amines is 2. The van der Waals surface area contributed by atoms with Crippen LogP contribution in [0.4, 0.5) is 0 Å². The van der Waals surface area contributed by atoms with Gasteiger partial charge in [-0.2, -0.15) is 5.10 Å². The van der Waals surface area contributed by atoms with Gasteiger partial charge in [-0.1, -0.05) is 48.5 Å². The second-order valence-corrected chi connectivity index (χ2v) is 9.58. The number of fused-ring (bicyclic) bond motifs is 2. The summed E-state index contributed by atoms with van der Waals surface area (Å²) in [6, 6.07) is 24.4. The van der Waals surface area contributed by atoms with Crippen molar-refractivity contribution < 1.29 is 4.74 Å². The molecule has 7 rings (SSSR count). The minimum absolute atomic E-state index is 0.476. The van der Waals surface area contributed by atoms with Crippen molar-refractivity contribution in [2.24, 2.45) is 0 Å². The van der Waals surface area contributed by atoms with Gasteiger partial charge in [0.1, 0.15) is 18.1 Å². The quantitative estimate of drug-likeness (QED) is 0.260. The Balaban J connectivity index is 1.24. The first-order valence-electron chi connectivity index (χ1n) is 11.8. The van der Waals surface area contributed by atoms with Crippen LogP contribution in [0.25, 0.3) is 55.2 Å². The molecule has 37 heavy (non-hydrogen) atoms. The average Bonchev–Trinajstić information content (AvgIpc) is 3.71. The van der Waals surface area contributed by atoms with E-state index in [2.05, 4.69) is 48.7 Å². The van der Waals surface area contributed by atoms with Crippen LogP contribution in [0, 0.1) is 0 Å². The largest absolute Gasteiger partial charge is 0.487 e. The SMILES string of the molecule is c1ccc(COc2cncc(-c3cc4c(-c5nc6c(-c7cccs7)cccc6[nH]5)n[nH]c4cn3)c2)cc1. The first kappa shape index (κ1) is 21.5. The molecule has 0 aliphatic heterocycles. The second kappa shape index (κ2) is 9.00. The van der Waals surface area contributed by atoms with Gasteiger partial charge < -0.3 is 9.72 Å². The summed E-state index contributed by atoms with van der Waals surface area (Å²) in [4.78, 5) is 18.6. The van der Waals surface area contributed by atoms with Crippen LogP contribution in [-0.2, 0) is 6.61 Å². The number of nitrogens with zero attached hydrogens (tertiary/aromatic N) is 4. The molecule has 2 aromatic carbocycles. The van der Waals surface area contributed by atoms with Gasteiger partial charge in [0.15, 0.2) is 5.82 Å². The molecule has 0 aliphatic carbocycles. The van der Waals surface area contributed by atoms with Crippen LogP contribution in [-0.4, -0.2) is 30.1 Å². The molecule has 0 fully saturated rings.